The van der Waals surface area contributed by atoms with E-state index in [0.717, 1.165) is 21.3 Å². The maximum absolute atomic E-state index is 11.8. The maximum Gasteiger partial charge on any atom is 0.337 e. The van der Waals surface area contributed by atoms with Crippen LogP contribution in [0.4, 0.5) is 0 Å². The average Bonchev–Trinajstić information content (AvgIpc) is 2.86. The molecular formula is C17H15BrO3. The lowest BCUT2D eigenvalue weighted by Crippen LogP contribution is -2.25. The zero-order valence-electron chi connectivity index (χ0n) is 11.9. The van der Waals surface area contributed by atoms with Crippen LogP contribution in [0.5, 0.6) is 5.75 Å². The molecule has 0 bridgehead atoms. The van der Waals surface area contributed by atoms with Gasteiger partial charge in [0.15, 0.2) is 0 Å². The van der Waals surface area contributed by atoms with E-state index in [1.165, 1.54) is 7.11 Å². The Hall–Kier alpha value is -1.81. The van der Waals surface area contributed by atoms with Crippen LogP contribution in [0.3, 0.4) is 0 Å². The first kappa shape index (κ1) is 14.1. The second kappa shape index (κ2) is 5.19. The van der Waals surface area contributed by atoms with E-state index < -0.39 is 0 Å². The Morgan fingerprint density at radius 3 is 2.67 bits per heavy atom. The van der Waals surface area contributed by atoms with Crippen molar-refractivity contribution in [1.29, 1.82) is 0 Å². The molecule has 0 radical (unpaired) electrons. The molecule has 1 atom stereocenters. The van der Waals surface area contributed by atoms with Crippen molar-refractivity contribution >= 4 is 21.9 Å². The molecule has 0 fully saturated rings. The minimum absolute atomic E-state index is 0.275. The molecule has 0 spiro atoms. The Morgan fingerprint density at radius 1 is 1.29 bits per heavy atom. The topological polar surface area (TPSA) is 35.5 Å². The molecule has 0 amide bonds. The average molecular weight is 347 g/mol. The van der Waals surface area contributed by atoms with Crippen LogP contribution in [-0.4, -0.2) is 19.7 Å². The van der Waals surface area contributed by atoms with Crippen LogP contribution in [-0.2, 0) is 10.2 Å². The highest BCUT2D eigenvalue weighted by Crippen LogP contribution is 2.47. The Labute approximate surface area is 132 Å². The van der Waals surface area contributed by atoms with Crippen molar-refractivity contribution in [3.05, 3.63) is 63.6 Å². The number of hydrogen-bond acceptors (Lipinski definition) is 3. The van der Waals surface area contributed by atoms with Gasteiger partial charge in [0.1, 0.15) is 12.4 Å². The second-order valence-corrected chi connectivity index (χ2v) is 6.17. The van der Waals surface area contributed by atoms with Crippen LogP contribution in [0.25, 0.3) is 0 Å². The molecule has 0 aliphatic carbocycles. The maximum atomic E-state index is 11.8. The first-order chi connectivity index (χ1) is 10.1. The molecule has 2 aromatic rings. The van der Waals surface area contributed by atoms with E-state index in [2.05, 4.69) is 35.0 Å². The van der Waals surface area contributed by atoms with E-state index >= 15 is 0 Å². The molecule has 108 valence electrons. The van der Waals surface area contributed by atoms with Crippen molar-refractivity contribution < 1.29 is 14.3 Å². The molecule has 0 saturated carbocycles. The van der Waals surface area contributed by atoms with Crippen molar-refractivity contribution in [1.82, 2.24) is 0 Å². The zero-order chi connectivity index (χ0) is 15.0. The predicted molar refractivity (Wildman–Crippen MR) is 83.9 cm³/mol. The number of benzene rings is 2. The largest absolute Gasteiger partial charge is 0.491 e. The number of ether oxygens (including phenoxy) is 2. The summed E-state index contributed by atoms with van der Waals surface area (Å²) >= 11 is 3.49. The summed E-state index contributed by atoms with van der Waals surface area (Å²) in [7, 11) is 1.39. The lowest BCUT2D eigenvalue weighted by molar-refractivity contribution is 0.0600. The highest BCUT2D eigenvalue weighted by molar-refractivity contribution is 9.10. The third kappa shape index (κ3) is 2.23. The summed E-state index contributed by atoms with van der Waals surface area (Å²) in [4.78, 5) is 11.8. The second-order valence-electron chi connectivity index (χ2n) is 5.31. The molecule has 0 saturated heterocycles. The van der Waals surface area contributed by atoms with E-state index in [1.807, 2.05) is 24.3 Å². The highest BCUT2D eigenvalue weighted by atomic mass is 79.9. The monoisotopic (exact) mass is 346 g/mol. The Kier molecular flexibility index (Phi) is 3.49. The number of carbonyl (C=O) groups is 1. The summed E-state index contributed by atoms with van der Waals surface area (Å²) in [6, 6.07) is 13.8. The lowest BCUT2D eigenvalue weighted by atomic mass is 9.77. The van der Waals surface area contributed by atoms with Gasteiger partial charge in [0.2, 0.25) is 0 Å². The van der Waals surface area contributed by atoms with Gasteiger partial charge in [-0.1, -0.05) is 30.3 Å². The van der Waals surface area contributed by atoms with Gasteiger partial charge < -0.3 is 9.47 Å². The SMILES string of the molecule is COC(=O)c1cc(Br)c2c(c1)[C@@](C)(c1ccccc1)CO2. The quantitative estimate of drug-likeness (QED) is 0.772. The first-order valence-electron chi connectivity index (χ1n) is 6.67. The third-order valence-corrected chi connectivity index (χ3v) is 4.56. The van der Waals surface area contributed by atoms with Gasteiger partial charge in [-0.3, -0.25) is 0 Å². The van der Waals surface area contributed by atoms with E-state index in [0.29, 0.717) is 12.2 Å². The minimum atomic E-state index is -0.346. The van der Waals surface area contributed by atoms with Crippen LogP contribution in [0.2, 0.25) is 0 Å². The van der Waals surface area contributed by atoms with Crippen molar-refractivity contribution in [3.8, 4) is 5.75 Å². The smallest absolute Gasteiger partial charge is 0.337 e. The van der Waals surface area contributed by atoms with Gasteiger partial charge in [-0.05, 0) is 40.5 Å². The summed E-state index contributed by atoms with van der Waals surface area (Å²) in [5.74, 6) is 0.454. The number of rotatable bonds is 2. The van der Waals surface area contributed by atoms with E-state index in [1.54, 1.807) is 6.07 Å². The minimum Gasteiger partial charge on any atom is -0.491 e. The van der Waals surface area contributed by atoms with Crippen LogP contribution >= 0.6 is 15.9 Å². The van der Waals surface area contributed by atoms with Gasteiger partial charge in [-0.15, -0.1) is 0 Å². The molecule has 0 unspecified atom stereocenters. The van der Waals surface area contributed by atoms with Gasteiger partial charge >= 0.3 is 5.97 Å². The van der Waals surface area contributed by atoms with Crippen molar-refractivity contribution in [3.63, 3.8) is 0 Å². The molecular weight excluding hydrogens is 332 g/mol. The molecule has 1 aliphatic rings. The fraction of sp³-hybridized carbons (Fsp3) is 0.235. The Morgan fingerprint density at radius 2 is 2.00 bits per heavy atom. The summed E-state index contributed by atoms with van der Waals surface area (Å²) < 4.78 is 11.5. The highest BCUT2D eigenvalue weighted by Gasteiger charge is 2.39. The number of esters is 1. The van der Waals surface area contributed by atoms with Gasteiger partial charge in [0, 0.05) is 5.56 Å². The van der Waals surface area contributed by atoms with E-state index in [4.69, 9.17) is 9.47 Å². The van der Waals surface area contributed by atoms with Crippen LogP contribution in [0.15, 0.2) is 46.9 Å². The van der Waals surface area contributed by atoms with Crippen molar-refractivity contribution in [2.45, 2.75) is 12.3 Å². The summed E-state index contributed by atoms with van der Waals surface area (Å²) in [5.41, 5.74) is 2.42. The van der Waals surface area contributed by atoms with Crippen LogP contribution in [0.1, 0.15) is 28.4 Å². The van der Waals surface area contributed by atoms with Gasteiger partial charge in [-0.2, -0.15) is 0 Å². The summed E-state index contributed by atoms with van der Waals surface area (Å²) in [6.45, 7) is 2.68. The number of halogens is 1. The molecule has 1 heterocycles. The molecule has 21 heavy (non-hydrogen) atoms. The summed E-state index contributed by atoms with van der Waals surface area (Å²) in [6.07, 6.45) is 0. The third-order valence-electron chi connectivity index (χ3n) is 3.98. The fourth-order valence-electron chi connectivity index (χ4n) is 2.72. The number of carbonyl (C=O) groups excluding carboxylic acids is 1. The van der Waals surface area contributed by atoms with Crippen molar-refractivity contribution in [2.75, 3.05) is 13.7 Å². The standard InChI is InChI=1S/C17H15BrO3/c1-17(12-6-4-3-5-7-12)10-21-15-13(17)8-11(9-14(15)18)16(19)20-2/h3-9H,10H2,1-2H3/t17-/m1/s1. The number of methoxy groups -OCH3 is 1. The Balaban J connectivity index is 2.17. The molecule has 4 heteroatoms. The normalized spacial score (nSPS) is 19.8. The summed E-state index contributed by atoms with van der Waals surface area (Å²) in [5, 5.41) is 0. The van der Waals surface area contributed by atoms with Crippen LogP contribution < -0.4 is 4.74 Å². The molecule has 3 nitrogen and oxygen atoms in total. The van der Waals surface area contributed by atoms with Crippen LogP contribution in [0, 0.1) is 0 Å². The van der Waals surface area contributed by atoms with Gasteiger partial charge in [0.25, 0.3) is 0 Å². The molecule has 0 N–H and O–H groups in total. The Bertz CT molecular complexity index is 697. The van der Waals surface area contributed by atoms with Crippen molar-refractivity contribution in [2.24, 2.45) is 0 Å². The molecule has 1 aliphatic heterocycles. The van der Waals surface area contributed by atoms with E-state index in [-0.39, 0.29) is 11.4 Å². The van der Waals surface area contributed by atoms with E-state index in [9.17, 15) is 4.79 Å². The first-order valence-corrected chi connectivity index (χ1v) is 7.46. The predicted octanol–water partition coefficient (Wildman–Crippen LogP) is 3.93. The number of fused-ring (bicyclic) bond motifs is 1. The fourth-order valence-corrected chi connectivity index (χ4v) is 3.30. The van der Waals surface area contributed by atoms with Gasteiger partial charge in [0.05, 0.1) is 22.6 Å². The molecule has 3 rings (SSSR count). The molecule has 2 aromatic carbocycles. The zero-order valence-corrected chi connectivity index (χ0v) is 13.4. The number of hydrogen-bond donors (Lipinski definition) is 0. The molecule has 0 aromatic heterocycles. The van der Waals surface area contributed by atoms with Gasteiger partial charge in [-0.25, -0.2) is 4.79 Å². The lowest BCUT2D eigenvalue weighted by Gasteiger charge is -2.23.